The van der Waals surface area contributed by atoms with Crippen LogP contribution in [0, 0.1) is 5.92 Å². The van der Waals surface area contributed by atoms with Crippen LogP contribution in [0.2, 0.25) is 0 Å². The van der Waals surface area contributed by atoms with E-state index in [1.165, 1.54) is 0 Å². The van der Waals surface area contributed by atoms with Gasteiger partial charge in [-0.1, -0.05) is 48.5 Å². The summed E-state index contributed by atoms with van der Waals surface area (Å²) in [5, 5.41) is 2.92. The van der Waals surface area contributed by atoms with Crippen molar-refractivity contribution in [2.24, 2.45) is 5.92 Å². The predicted molar refractivity (Wildman–Crippen MR) is 108 cm³/mol. The van der Waals surface area contributed by atoms with Crippen LogP contribution in [0.15, 0.2) is 54.6 Å². The Labute approximate surface area is 165 Å². The largest absolute Gasteiger partial charge is 0.352 e. The maximum absolute atomic E-state index is 13.3. The van der Waals surface area contributed by atoms with Crippen molar-refractivity contribution in [3.05, 3.63) is 71.3 Å². The van der Waals surface area contributed by atoms with Crippen molar-refractivity contribution < 1.29 is 14.4 Å². The fourth-order valence-electron chi connectivity index (χ4n) is 3.96. The van der Waals surface area contributed by atoms with Crippen LogP contribution in [0.4, 0.5) is 0 Å². The lowest BCUT2D eigenvalue weighted by Gasteiger charge is -2.26. The predicted octanol–water partition coefficient (Wildman–Crippen LogP) is 3.06. The first-order chi connectivity index (χ1) is 13.6. The Bertz CT molecular complexity index is 861. The summed E-state index contributed by atoms with van der Waals surface area (Å²) in [6, 6.07) is 16.5. The van der Waals surface area contributed by atoms with Gasteiger partial charge in [-0.2, -0.15) is 0 Å². The third-order valence-electron chi connectivity index (χ3n) is 5.67. The van der Waals surface area contributed by atoms with Gasteiger partial charge in [-0.25, -0.2) is 0 Å². The zero-order valence-electron chi connectivity index (χ0n) is 16.4. The molecule has 0 spiro atoms. The summed E-state index contributed by atoms with van der Waals surface area (Å²) in [7, 11) is 0. The molecule has 3 rings (SSSR count). The minimum absolute atomic E-state index is 0.0374. The van der Waals surface area contributed by atoms with Crippen molar-refractivity contribution in [3.63, 3.8) is 0 Å². The second kappa shape index (κ2) is 8.38. The third-order valence-corrected chi connectivity index (χ3v) is 5.67. The molecule has 1 N–H and O–H groups in total. The van der Waals surface area contributed by atoms with Gasteiger partial charge in [0.05, 0.1) is 5.41 Å². The molecule has 1 aliphatic carbocycles. The molecule has 2 aromatic carbocycles. The Balaban J connectivity index is 1.78. The van der Waals surface area contributed by atoms with Crippen LogP contribution in [-0.4, -0.2) is 42.6 Å². The zero-order chi connectivity index (χ0) is 20.1. The average Bonchev–Trinajstić information content (AvgIpc) is 3.49. The summed E-state index contributed by atoms with van der Waals surface area (Å²) in [5.41, 5.74) is 1.15. The molecule has 2 amide bonds. The molecule has 0 radical (unpaired) electrons. The molecule has 28 heavy (non-hydrogen) atoms. The van der Waals surface area contributed by atoms with Gasteiger partial charge in [-0.05, 0) is 37.8 Å². The van der Waals surface area contributed by atoms with Gasteiger partial charge in [-0.3, -0.25) is 14.4 Å². The van der Waals surface area contributed by atoms with Crippen molar-refractivity contribution in [2.75, 3.05) is 19.6 Å². The molecule has 1 fully saturated rings. The number of hydrogen-bond acceptors (Lipinski definition) is 3. The number of nitrogens with one attached hydrogen (secondary N) is 1. The Morgan fingerprint density at radius 3 is 2.36 bits per heavy atom. The molecule has 2 atom stereocenters. The van der Waals surface area contributed by atoms with Gasteiger partial charge < -0.3 is 10.2 Å². The second-order valence-corrected chi connectivity index (χ2v) is 7.13. The van der Waals surface area contributed by atoms with E-state index in [-0.39, 0.29) is 17.7 Å². The summed E-state index contributed by atoms with van der Waals surface area (Å²) in [6.07, 6.45) is 1.39. The van der Waals surface area contributed by atoms with E-state index in [2.05, 4.69) is 5.32 Å². The molecule has 5 nitrogen and oxygen atoms in total. The maximum Gasteiger partial charge on any atom is 0.252 e. The van der Waals surface area contributed by atoms with E-state index in [1.807, 2.05) is 49.1 Å². The van der Waals surface area contributed by atoms with Gasteiger partial charge >= 0.3 is 0 Å². The normalized spacial score (nSPS) is 20.3. The number of likely N-dealkylation sites (N-methyl/N-ethyl adjacent to an activating group) is 1. The topological polar surface area (TPSA) is 66.5 Å². The summed E-state index contributed by atoms with van der Waals surface area (Å²) in [4.78, 5) is 38.9. The van der Waals surface area contributed by atoms with Gasteiger partial charge in [-0.15, -0.1) is 0 Å². The zero-order valence-corrected chi connectivity index (χ0v) is 16.4. The van der Waals surface area contributed by atoms with Crippen LogP contribution in [0.3, 0.4) is 0 Å². The standard InChI is InChI=1S/C23H26N2O3/c1-3-25(4-2)22(28)23(18-11-6-5-7-12-18)14-19(23)15-24-21(27)20-13-9-8-10-17(20)16-26/h5-13,16,19H,3-4,14-15H2,1-2H3,(H,24,27). The molecule has 0 aromatic heterocycles. The van der Waals surface area contributed by atoms with E-state index in [9.17, 15) is 14.4 Å². The second-order valence-electron chi connectivity index (χ2n) is 7.13. The summed E-state index contributed by atoms with van der Waals surface area (Å²) < 4.78 is 0. The van der Waals surface area contributed by atoms with Crippen molar-refractivity contribution in [1.29, 1.82) is 0 Å². The smallest absolute Gasteiger partial charge is 0.252 e. The van der Waals surface area contributed by atoms with E-state index in [4.69, 9.17) is 0 Å². The average molecular weight is 378 g/mol. The number of hydrogen-bond donors (Lipinski definition) is 1. The fourth-order valence-corrected chi connectivity index (χ4v) is 3.96. The lowest BCUT2D eigenvalue weighted by molar-refractivity contribution is -0.134. The Hall–Kier alpha value is -2.95. The SMILES string of the molecule is CCN(CC)C(=O)C1(c2ccccc2)CC1CNC(=O)c1ccccc1C=O. The van der Waals surface area contributed by atoms with E-state index in [0.717, 1.165) is 5.56 Å². The van der Waals surface area contributed by atoms with Crippen LogP contribution in [0.5, 0.6) is 0 Å². The molecule has 5 heteroatoms. The van der Waals surface area contributed by atoms with Gasteiger partial charge in [0.15, 0.2) is 6.29 Å². The van der Waals surface area contributed by atoms with Crippen LogP contribution < -0.4 is 5.32 Å². The van der Waals surface area contributed by atoms with E-state index < -0.39 is 5.41 Å². The Morgan fingerprint density at radius 2 is 1.71 bits per heavy atom. The minimum atomic E-state index is -0.579. The molecule has 146 valence electrons. The number of nitrogens with zero attached hydrogens (tertiary/aromatic N) is 1. The molecule has 2 aromatic rings. The van der Waals surface area contributed by atoms with Gasteiger partial charge in [0.25, 0.3) is 5.91 Å². The monoisotopic (exact) mass is 378 g/mol. The van der Waals surface area contributed by atoms with Crippen molar-refractivity contribution in [2.45, 2.75) is 25.7 Å². The summed E-state index contributed by atoms with van der Waals surface area (Å²) in [6.45, 7) is 5.69. The molecule has 0 heterocycles. The van der Waals surface area contributed by atoms with Gasteiger partial charge in [0.1, 0.15) is 0 Å². The van der Waals surface area contributed by atoms with E-state index in [1.54, 1.807) is 24.3 Å². The molecule has 2 unspecified atom stereocenters. The summed E-state index contributed by atoms with van der Waals surface area (Å²) in [5.74, 6) is -0.126. The highest BCUT2D eigenvalue weighted by molar-refractivity contribution is 6.01. The van der Waals surface area contributed by atoms with Gasteiger partial charge in [0, 0.05) is 30.8 Å². The first-order valence-electron chi connectivity index (χ1n) is 9.75. The van der Waals surface area contributed by atoms with Crippen LogP contribution >= 0.6 is 0 Å². The molecule has 1 aliphatic rings. The first kappa shape index (κ1) is 19.8. The quantitative estimate of drug-likeness (QED) is 0.718. The number of carbonyl (C=O) groups excluding carboxylic acids is 3. The van der Waals surface area contributed by atoms with Gasteiger partial charge in [0.2, 0.25) is 5.91 Å². The highest BCUT2D eigenvalue weighted by Gasteiger charge is 2.61. The number of rotatable bonds is 8. The molecule has 0 aliphatic heterocycles. The number of aldehydes is 1. The minimum Gasteiger partial charge on any atom is -0.352 e. The first-order valence-corrected chi connectivity index (χ1v) is 9.75. The highest BCUT2D eigenvalue weighted by Crippen LogP contribution is 2.55. The van der Waals surface area contributed by atoms with Crippen molar-refractivity contribution >= 4 is 18.1 Å². The van der Waals surface area contributed by atoms with E-state index >= 15 is 0 Å². The number of carbonyl (C=O) groups is 3. The lowest BCUT2D eigenvalue weighted by atomic mass is 9.91. The van der Waals surface area contributed by atoms with Crippen LogP contribution in [0.1, 0.15) is 46.5 Å². The highest BCUT2D eigenvalue weighted by atomic mass is 16.2. The van der Waals surface area contributed by atoms with Crippen LogP contribution in [0.25, 0.3) is 0 Å². The Morgan fingerprint density at radius 1 is 1.07 bits per heavy atom. The lowest BCUT2D eigenvalue weighted by Crippen LogP contribution is -2.41. The molecule has 0 saturated heterocycles. The third kappa shape index (κ3) is 3.57. The van der Waals surface area contributed by atoms with Crippen molar-refractivity contribution in [3.8, 4) is 0 Å². The molecule has 1 saturated carbocycles. The number of benzene rings is 2. The molecular weight excluding hydrogens is 352 g/mol. The fraction of sp³-hybridized carbons (Fsp3) is 0.348. The van der Waals surface area contributed by atoms with Crippen LogP contribution in [-0.2, 0) is 10.2 Å². The summed E-state index contributed by atoms with van der Waals surface area (Å²) >= 11 is 0. The molecule has 0 bridgehead atoms. The maximum atomic E-state index is 13.3. The van der Waals surface area contributed by atoms with Crippen molar-refractivity contribution in [1.82, 2.24) is 10.2 Å². The van der Waals surface area contributed by atoms with E-state index in [0.29, 0.717) is 43.5 Å². The number of amides is 2. The Kier molecular flexibility index (Phi) is 5.93. The molecular formula is C23H26N2O3.